The summed E-state index contributed by atoms with van der Waals surface area (Å²) in [5.74, 6) is -0.326. The van der Waals surface area contributed by atoms with Crippen molar-refractivity contribution in [2.24, 2.45) is 0 Å². The van der Waals surface area contributed by atoms with Crippen LogP contribution in [-0.2, 0) is 10.0 Å². The Morgan fingerprint density at radius 3 is 2.22 bits per heavy atom. The highest BCUT2D eigenvalue weighted by Crippen LogP contribution is 2.23. The summed E-state index contributed by atoms with van der Waals surface area (Å²) >= 11 is 0. The Kier molecular flexibility index (Phi) is 5.24. The zero-order valence-electron chi connectivity index (χ0n) is 14.7. The van der Waals surface area contributed by atoms with E-state index in [1.165, 1.54) is 21.3 Å². The molecule has 8 nitrogen and oxygen atoms in total. The number of hydrogen-bond acceptors (Lipinski definition) is 5. The summed E-state index contributed by atoms with van der Waals surface area (Å²) in [5.41, 5.74) is 0.474. The van der Waals surface area contributed by atoms with Gasteiger partial charge in [-0.05, 0) is 25.1 Å². The first-order chi connectivity index (χ1) is 12.8. The zero-order chi connectivity index (χ0) is 19.6. The van der Waals surface area contributed by atoms with Crippen LogP contribution in [0.15, 0.2) is 53.4 Å². The topological polar surface area (TPSA) is 101 Å². The number of nitro groups is 1. The molecule has 0 spiro atoms. The molecule has 0 unspecified atom stereocenters. The van der Waals surface area contributed by atoms with Crippen molar-refractivity contribution in [2.45, 2.75) is 11.8 Å². The number of nitro benzene ring substituents is 1. The van der Waals surface area contributed by atoms with Gasteiger partial charge in [-0.3, -0.25) is 14.9 Å². The minimum absolute atomic E-state index is 0.105. The van der Waals surface area contributed by atoms with Gasteiger partial charge in [-0.1, -0.05) is 24.3 Å². The van der Waals surface area contributed by atoms with Crippen LogP contribution in [0.25, 0.3) is 0 Å². The van der Waals surface area contributed by atoms with Crippen LogP contribution in [0.5, 0.6) is 0 Å². The Labute approximate surface area is 157 Å². The molecule has 1 amide bonds. The fourth-order valence-corrected chi connectivity index (χ4v) is 4.54. The Balaban J connectivity index is 1.74. The molecule has 1 saturated heterocycles. The standard InChI is InChI=1S/C18H19N3O5S/c1-14-16(8-5-9-17(14)21(23)24)18(22)19-10-12-20(13-11-19)27(25,26)15-6-3-2-4-7-15/h2-9H,10-13H2,1H3. The minimum Gasteiger partial charge on any atom is -0.336 e. The molecule has 2 aromatic rings. The van der Waals surface area contributed by atoms with E-state index in [1.807, 2.05) is 0 Å². The van der Waals surface area contributed by atoms with Crippen molar-refractivity contribution in [1.29, 1.82) is 0 Å². The van der Waals surface area contributed by atoms with Crippen LogP contribution in [0.3, 0.4) is 0 Å². The van der Waals surface area contributed by atoms with E-state index in [0.29, 0.717) is 5.56 Å². The van der Waals surface area contributed by atoms with Gasteiger partial charge in [0, 0.05) is 43.4 Å². The first-order valence-corrected chi connectivity index (χ1v) is 9.85. The quantitative estimate of drug-likeness (QED) is 0.588. The van der Waals surface area contributed by atoms with E-state index in [4.69, 9.17) is 0 Å². The van der Waals surface area contributed by atoms with Crippen molar-refractivity contribution in [3.8, 4) is 0 Å². The number of amides is 1. The van der Waals surface area contributed by atoms with E-state index >= 15 is 0 Å². The number of carbonyl (C=O) groups is 1. The second-order valence-electron chi connectivity index (χ2n) is 6.22. The molecule has 27 heavy (non-hydrogen) atoms. The molecule has 1 fully saturated rings. The highest BCUT2D eigenvalue weighted by atomic mass is 32.2. The molecule has 0 N–H and O–H groups in total. The molecule has 1 aliphatic heterocycles. The van der Waals surface area contributed by atoms with Gasteiger partial charge in [0.25, 0.3) is 11.6 Å². The largest absolute Gasteiger partial charge is 0.336 e. The van der Waals surface area contributed by atoms with Crippen molar-refractivity contribution in [3.05, 3.63) is 69.8 Å². The van der Waals surface area contributed by atoms with Crippen LogP contribution in [-0.4, -0.2) is 54.6 Å². The Bertz CT molecular complexity index is 968. The predicted octanol–water partition coefficient (Wildman–Crippen LogP) is 2.05. The van der Waals surface area contributed by atoms with Crippen LogP contribution in [0.4, 0.5) is 5.69 Å². The summed E-state index contributed by atoms with van der Waals surface area (Å²) in [6.07, 6.45) is 0. The van der Waals surface area contributed by atoms with Gasteiger partial charge >= 0.3 is 0 Å². The van der Waals surface area contributed by atoms with Crippen LogP contribution in [0.2, 0.25) is 0 Å². The van der Waals surface area contributed by atoms with Gasteiger partial charge in [0.2, 0.25) is 10.0 Å². The number of rotatable bonds is 4. The number of nitrogens with zero attached hydrogens (tertiary/aromatic N) is 3. The van der Waals surface area contributed by atoms with Crippen molar-refractivity contribution in [1.82, 2.24) is 9.21 Å². The van der Waals surface area contributed by atoms with Gasteiger partial charge in [-0.2, -0.15) is 4.31 Å². The lowest BCUT2D eigenvalue weighted by molar-refractivity contribution is -0.385. The molecule has 3 rings (SSSR count). The lowest BCUT2D eigenvalue weighted by atomic mass is 10.1. The van der Waals surface area contributed by atoms with Gasteiger partial charge in [0.1, 0.15) is 0 Å². The first kappa shape index (κ1) is 19.0. The second-order valence-corrected chi connectivity index (χ2v) is 8.15. The summed E-state index contributed by atoms with van der Waals surface area (Å²) in [4.78, 5) is 25.1. The van der Waals surface area contributed by atoms with Crippen LogP contribution in [0, 0.1) is 17.0 Å². The maximum absolute atomic E-state index is 12.8. The van der Waals surface area contributed by atoms with E-state index in [0.717, 1.165) is 0 Å². The molecular weight excluding hydrogens is 370 g/mol. The van der Waals surface area contributed by atoms with Crippen LogP contribution in [0.1, 0.15) is 15.9 Å². The molecule has 0 aromatic heterocycles. The highest BCUT2D eigenvalue weighted by Gasteiger charge is 2.31. The number of hydrogen-bond donors (Lipinski definition) is 0. The van der Waals surface area contributed by atoms with Crippen molar-refractivity contribution < 1.29 is 18.1 Å². The Morgan fingerprint density at radius 1 is 1.00 bits per heavy atom. The predicted molar refractivity (Wildman–Crippen MR) is 98.9 cm³/mol. The molecule has 2 aromatic carbocycles. The average molecular weight is 389 g/mol. The van der Waals surface area contributed by atoms with Gasteiger partial charge in [0.05, 0.1) is 9.82 Å². The normalized spacial score (nSPS) is 15.5. The summed E-state index contributed by atoms with van der Waals surface area (Å²) in [6, 6.07) is 12.5. The summed E-state index contributed by atoms with van der Waals surface area (Å²) in [5, 5.41) is 11.1. The van der Waals surface area contributed by atoms with E-state index in [9.17, 15) is 23.3 Å². The molecule has 0 bridgehead atoms. The molecule has 0 atom stereocenters. The first-order valence-electron chi connectivity index (χ1n) is 8.41. The fraction of sp³-hybridized carbons (Fsp3) is 0.278. The average Bonchev–Trinajstić information content (AvgIpc) is 2.68. The lowest BCUT2D eigenvalue weighted by Gasteiger charge is -2.34. The van der Waals surface area contributed by atoms with E-state index in [-0.39, 0.29) is 48.2 Å². The zero-order valence-corrected chi connectivity index (χ0v) is 15.6. The van der Waals surface area contributed by atoms with Crippen molar-refractivity contribution in [3.63, 3.8) is 0 Å². The monoisotopic (exact) mass is 389 g/mol. The van der Waals surface area contributed by atoms with E-state index in [2.05, 4.69) is 0 Å². The van der Waals surface area contributed by atoms with Crippen molar-refractivity contribution in [2.75, 3.05) is 26.2 Å². The summed E-state index contributed by atoms with van der Waals surface area (Å²) in [6.45, 7) is 2.36. The van der Waals surface area contributed by atoms with Crippen LogP contribution < -0.4 is 0 Å². The third-order valence-corrected chi connectivity index (χ3v) is 6.55. The molecule has 1 aliphatic rings. The van der Waals surface area contributed by atoms with Gasteiger partial charge in [-0.25, -0.2) is 8.42 Å². The van der Waals surface area contributed by atoms with Gasteiger partial charge < -0.3 is 4.90 Å². The molecule has 0 radical (unpaired) electrons. The summed E-state index contributed by atoms with van der Waals surface area (Å²) in [7, 11) is -3.60. The van der Waals surface area contributed by atoms with Gasteiger partial charge in [-0.15, -0.1) is 0 Å². The summed E-state index contributed by atoms with van der Waals surface area (Å²) < 4.78 is 26.7. The minimum atomic E-state index is -3.60. The molecule has 0 saturated carbocycles. The molecule has 142 valence electrons. The molecule has 1 heterocycles. The number of carbonyl (C=O) groups excluding carboxylic acids is 1. The van der Waals surface area contributed by atoms with E-state index in [1.54, 1.807) is 43.3 Å². The third-order valence-electron chi connectivity index (χ3n) is 4.64. The SMILES string of the molecule is Cc1c(C(=O)N2CCN(S(=O)(=O)c3ccccc3)CC2)cccc1[N+](=O)[O-]. The third kappa shape index (κ3) is 3.69. The maximum atomic E-state index is 12.8. The lowest BCUT2D eigenvalue weighted by Crippen LogP contribution is -2.50. The van der Waals surface area contributed by atoms with E-state index < -0.39 is 14.9 Å². The maximum Gasteiger partial charge on any atom is 0.273 e. The van der Waals surface area contributed by atoms with Gasteiger partial charge in [0.15, 0.2) is 0 Å². The van der Waals surface area contributed by atoms with Crippen molar-refractivity contribution >= 4 is 21.6 Å². The molecule has 0 aliphatic carbocycles. The van der Waals surface area contributed by atoms with Crippen LogP contribution >= 0.6 is 0 Å². The molecule has 9 heteroatoms. The number of piperazine rings is 1. The smallest absolute Gasteiger partial charge is 0.273 e. The number of sulfonamides is 1. The number of benzene rings is 2. The molecular formula is C18H19N3O5S. The fourth-order valence-electron chi connectivity index (χ4n) is 3.10. The Hall–Kier alpha value is -2.78. The second kappa shape index (κ2) is 7.45. The highest BCUT2D eigenvalue weighted by molar-refractivity contribution is 7.89. The Morgan fingerprint density at radius 2 is 1.63 bits per heavy atom.